The van der Waals surface area contributed by atoms with E-state index in [-0.39, 0.29) is 11.6 Å². The van der Waals surface area contributed by atoms with Crippen LogP contribution >= 0.6 is 0 Å². The van der Waals surface area contributed by atoms with Gasteiger partial charge in [0.1, 0.15) is 5.82 Å². The second kappa shape index (κ2) is 7.75. The molecule has 1 aromatic carbocycles. The van der Waals surface area contributed by atoms with Crippen molar-refractivity contribution < 1.29 is 5.11 Å². The fourth-order valence-corrected chi connectivity index (χ4v) is 3.99. The van der Waals surface area contributed by atoms with Crippen LogP contribution in [0.25, 0.3) is 11.2 Å². The minimum Gasteiger partial charge on any atom is -0.391 e. The normalized spacial score (nSPS) is 19.8. The van der Waals surface area contributed by atoms with Crippen LogP contribution in [-0.2, 0) is 20.0 Å². The third-order valence-electron chi connectivity index (χ3n) is 5.61. The summed E-state index contributed by atoms with van der Waals surface area (Å²) in [5, 5.41) is 13.5. The van der Waals surface area contributed by atoms with Crippen LogP contribution in [0, 0.1) is 0 Å². The summed E-state index contributed by atoms with van der Waals surface area (Å²) in [6.45, 7) is 2.62. The molecule has 28 heavy (non-hydrogen) atoms. The van der Waals surface area contributed by atoms with Crippen molar-refractivity contribution in [2.45, 2.75) is 57.7 Å². The smallest absolute Gasteiger partial charge is 0.280 e. The van der Waals surface area contributed by atoms with Gasteiger partial charge in [0, 0.05) is 20.0 Å². The van der Waals surface area contributed by atoms with Crippen molar-refractivity contribution >= 4 is 17.1 Å². The number of nitrogens with zero attached hydrogens (tertiary/aromatic N) is 4. The number of anilines is 1. The quantitative estimate of drug-likeness (QED) is 0.709. The molecule has 7 heteroatoms. The summed E-state index contributed by atoms with van der Waals surface area (Å²) in [6.07, 6.45) is 4.06. The summed E-state index contributed by atoms with van der Waals surface area (Å²) < 4.78 is 3.51. The predicted molar refractivity (Wildman–Crippen MR) is 110 cm³/mol. The molecular weight excluding hydrogens is 354 g/mol. The highest BCUT2D eigenvalue weighted by atomic mass is 16.3. The molecule has 1 aliphatic carbocycles. The van der Waals surface area contributed by atoms with E-state index in [1.54, 1.807) is 7.05 Å². The van der Waals surface area contributed by atoms with Crippen LogP contribution in [0.4, 0.5) is 5.95 Å². The number of rotatable bonds is 5. The molecule has 3 aromatic rings. The van der Waals surface area contributed by atoms with Crippen molar-refractivity contribution in [2.24, 2.45) is 7.05 Å². The monoisotopic (exact) mass is 381 g/mol. The lowest BCUT2D eigenvalue weighted by Crippen LogP contribution is -2.38. The van der Waals surface area contributed by atoms with Gasteiger partial charge in [-0.15, -0.1) is 0 Å². The molecule has 0 bridgehead atoms. The van der Waals surface area contributed by atoms with Gasteiger partial charge in [0.2, 0.25) is 5.95 Å². The first-order valence-electron chi connectivity index (χ1n) is 10.0. The average Bonchev–Trinajstić information content (AvgIpc) is 3.05. The predicted octanol–water partition coefficient (Wildman–Crippen LogP) is 2.46. The number of aliphatic hydroxyl groups is 1. The highest BCUT2D eigenvalue weighted by Crippen LogP contribution is 2.22. The van der Waals surface area contributed by atoms with Crippen LogP contribution in [0.15, 0.2) is 35.1 Å². The molecule has 2 atom stereocenters. The SMILES string of the molecule is CCc1nc2nc(N[C@@H]3CCCC[C@H]3O)n(C)c(=O)c2n1Cc1ccccc1. The number of imidazole rings is 1. The minimum atomic E-state index is -0.414. The van der Waals surface area contributed by atoms with E-state index in [1.165, 1.54) is 4.57 Å². The fourth-order valence-electron chi connectivity index (χ4n) is 3.99. The van der Waals surface area contributed by atoms with Crippen molar-refractivity contribution in [1.82, 2.24) is 19.1 Å². The molecule has 0 amide bonds. The Labute approximate surface area is 164 Å². The van der Waals surface area contributed by atoms with Crippen LogP contribution in [0.1, 0.15) is 44.0 Å². The van der Waals surface area contributed by atoms with E-state index in [0.717, 1.165) is 43.5 Å². The summed E-state index contributed by atoms with van der Waals surface area (Å²) in [7, 11) is 1.72. The maximum atomic E-state index is 13.2. The lowest BCUT2D eigenvalue weighted by Gasteiger charge is -2.29. The van der Waals surface area contributed by atoms with Crippen LogP contribution in [-0.4, -0.2) is 36.4 Å². The van der Waals surface area contributed by atoms with E-state index in [0.29, 0.717) is 23.7 Å². The van der Waals surface area contributed by atoms with Crippen LogP contribution in [0.5, 0.6) is 0 Å². The van der Waals surface area contributed by atoms with Gasteiger partial charge in [0.15, 0.2) is 11.2 Å². The number of nitrogens with one attached hydrogen (secondary N) is 1. The Bertz CT molecular complexity index is 1020. The number of aromatic nitrogens is 4. The molecule has 1 fully saturated rings. The molecule has 0 aliphatic heterocycles. The molecule has 0 spiro atoms. The van der Waals surface area contributed by atoms with E-state index in [2.05, 4.69) is 15.3 Å². The third kappa shape index (κ3) is 3.42. The molecule has 4 rings (SSSR count). The summed E-state index contributed by atoms with van der Waals surface area (Å²) in [4.78, 5) is 22.5. The Morgan fingerprint density at radius 1 is 1.18 bits per heavy atom. The molecule has 0 unspecified atom stereocenters. The van der Waals surface area contributed by atoms with Crippen molar-refractivity contribution in [3.05, 3.63) is 52.1 Å². The lowest BCUT2D eigenvalue weighted by atomic mass is 9.93. The number of aliphatic hydroxyl groups excluding tert-OH is 1. The highest BCUT2D eigenvalue weighted by Gasteiger charge is 2.25. The zero-order chi connectivity index (χ0) is 19.7. The third-order valence-corrected chi connectivity index (χ3v) is 5.61. The molecule has 148 valence electrons. The fraction of sp³-hybridized carbons (Fsp3) is 0.476. The minimum absolute atomic E-state index is 0.0821. The first-order chi connectivity index (χ1) is 13.6. The number of hydrogen-bond donors (Lipinski definition) is 2. The topological polar surface area (TPSA) is 85.0 Å². The Kier molecular flexibility index (Phi) is 5.17. The summed E-state index contributed by atoms with van der Waals surface area (Å²) in [5.41, 5.74) is 1.98. The first kappa shape index (κ1) is 18.7. The maximum absolute atomic E-state index is 13.2. The number of fused-ring (bicyclic) bond motifs is 1. The highest BCUT2D eigenvalue weighted by molar-refractivity contribution is 5.72. The summed E-state index contributed by atoms with van der Waals surface area (Å²) >= 11 is 0. The molecule has 2 heterocycles. The molecule has 7 nitrogen and oxygen atoms in total. The Hall–Kier alpha value is -2.67. The van der Waals surface area contributed by atoms with Crippen LogP contribution in [0.2, 0.25) is 0 Å². The number of hydrogen-bond acceptors (Lipinski definition) is 5. The summed E-state index contributed by atoms with van der Waals surface area (Å²) in [6, 6.07) is 9.98. The van der Waals surface area contributed by atoms with Gasteiger partial charge in [-0.3, -0.25) is 9.36 Å². The molecule has 2 aromatic heterocycles. The van der Waals surface area contributed by atoms with Gasteiger partial charge >= 0.3 is 0 Å². The van der Waals surface area contributed by atoms with Gasteiger partial charge in [0.25, 0.3) is 5.56 Å². The standard InChI is InChI=1S/C21H27N5O2/c1-3-17-23-19-18(26(17)13-14-9-5-4-6-10-14)20(28)25(2)21(24-19)22-15-11-7-8-12-16(15)27/h4-6,9-10,15-16,27H,3,7-8,11-13H2,1-2H3,(H,22,24)/t15-,16-/m1/s1. The largest absolute Gasteiger partial charge is 0.391 e. The molecule has 0 radical (unpaired) electrons. The van der Waals surface area contributed by atoms with E-state index >= 15 is 0 Å². The molecular formula is C21H27N5O2. The molecule has 0 saturated heterocycles. The molecule has 2 N–H and O–H groups in total. The van der Waals surface area contributed by atoms with Gasteiger partial charge in [-0.25, -0.2) is 4.98 Å². The second-order valence-corrected chi connectivity index (χ2v) is 7.53. The Balaban J connectivity index is 1.76. The first-order valence-corrected chi connectivity index (χ1v) is 10.0. The van der Waals surface area contributed by atoms with E-state index < -0.39 is 6.10 Å². The Morgan fingerprint density at radius 2 is 1.93 bits per heavy atom. The van der Waals surface area contributed by atoms with Crippen molar-refractivity contribution in [1.29, 1.82) is 0 Å². The number of benzene rings is 1. The lowest BCUT2D eigenvalue weighted by molar-refractivity contribution is 0.116. The molecule has 1 saturated carbocycles. The van der Waals surface area contributed by atoms with Gasteiger partial charge in [-0.2, -0.15) is 4.98 Å². The second-order valence-electron chi connectivity index (χ2n) is 7.53. The Morgan fingerprint density at radius 3 is 2.64 bits per heavy atom. The van der Waals surface area contributed by atoms with E-state index in [4.69, 9.17) is 0 Å². The van der Waals surface area contributed by atoms with Crippen molar-refractivity contribution in [3.63, 3.8) is 0 Å². The summed E-state index contributed by atoms with van der Waals surface area (Å²) in [5.74, 6) is 1.31. The number of aryl methyl sites for hydroxylation is 1. The van der Waals surface area contributed by atoms with E-state index in [9.17, 15) is 9.90 Å². The van der Waals surface area contributed by atoms with Crippen molar-refractivity contribution in [3.8, 4) is 0 Å². The van der Waals surface area contributed by atoms with Gasteiger partial charge < -0.3 is 15.0 Å². The van der Waals surface area contributed by atoms with Crippen LogP contribution in [0.3, 0.4) is 0 Å². The zero-order valence-electron chi connectivity index (χ0n) is 16.4. The van der Waals surface area contributed by atoms with Crippen molar-refractivity contribution in [2.75, 3.05) is 5.32 Å². The molecule has 1 aliphatic rings. The van der Waals surface area contributed by atoms with Crippen LogP contribution < -0.4 is 10.9 Å². The average molecular weight is 381 g/mol. The zero-order valence-corrected chi connectivity index (χ0v) is 16.4. The van der Waals surface area contributed by atoms with E-state index in [1.807, 2.05) is 41.8 Å². The van der Waals surface area contributed by atoms with Gasteiger partial charge in [-0.05, 0) is 18.4 Å². The maximum Gasteiger partial charge on any atom is 0.280 e. The van der Waals surface area contributed by atoms with Gasteiger partial charge in [-0.1, -0.05) is 50.1 Å². The van der Waals surface area contributed by atoms with Gasteiger partial charge in [0.05, 0.1) is 12.1 Å².